The number of allylic oxidation sites excluding steroid dienone is 4. The molecule has 0 heterocycles. The van der Waals surface area contributed by atoms with Crippen LogP contribution in [0.2, 0.25) is 5.04 Å². The van der Waals surface area contributed by atoms with Gasteiger partial charge in [0, 0.05) is 10.2 Å². The van der Waals surface area contributed by atoms with Gasteiger partial charge in [0.1, 0.15) is 0 Å². The predicted molar refractivity (Wildman–Crippen MR) is 53.0 cm³/mol. The Morgan fingerprint density at radius 1 is 1.40 bits per heavy atom. The molecule has 0 spiro atoms. The third-order valence-electron chi connectivity index (χ3n) is 2.05. The first-order chi connectivity index (χ1) is 4.02. The van der Waals surface area contributed by atoms with Gasteiger partial charge in [-0.25, -0.2) is 0 Å². The molecule has 1 aliphatic carbocycles. The van der Waals surface area contributed by atoms with Crippen molar-refractivity contribution in [2.45, 2.75) is 25.8 Å². The molecule has 1 rings (SSSR count). The monoisotopic (exact) mass is 162 g/mol. The van der Waals surface area contributed by atoms with Gasteiger partial charge in [0.25, 0.3) is 0 Å². The van der Waals surface area contributed by atoms with Crippen molar-refractivity contribution in [2.24, 2.45) is 0 Å². The topological polar surface area (TPSA) is 0 Å². The van der Waals surface area contributed by atoms with Crippen LogP contribution in [0.25, 0.3) is 0 Å². The van der Waals surface area contributed by atoms with Crippen molar-refractivity contribution in [1.29, 1.82) is 0 Å². The molecule has 0 aromatic carbocycles. The molecule has 1 atom stereocenters. The summed E-state index contributed by atoms with van der Waals surface area (Å²) in [4.78, 5) is 0. The van der Waals surface area contributed by atoms with Crippen LogP contribution in [0.1, 0.15) is 20.8 Å². The normalized spacial score (nSPS) is 31.1. The summed E-state index contributed by atoms with van der Waals surface area (Å²) in [6.07, 6.45) is 4.65. The van der Waals surface area contributed by atoms with Gasteiger partial charge >= 0.3 is 29.6 Å². The fourth-order valence-corrected chi connectivity index (χ4v) is 1.85. The second-order valence-electron chi connectivity index (χ2n) is 3.44. The van der Waals surface area contributed by atoms with E-state index >= 15 is 0 Å². The maximum atomic E-state index is 2.37. The van der Waals surface area contributed by atoms with Crippen molar-refractivity contribution in [3.05, 3.63) is 23.3 Å². The van der Waals surface area contributed by atoms with Gasteiger partial charge in [0.05, 0.1) is 0 Å². The SMILES string of the molecule is CC1=CC(C)([SiH3])C(C)=C1.[NaH]. The summed E-state index contributed by atoms with van der Waals surface area (Å²) in [7, 11) is 1.24. The average molecular weight is 162 g/mol. The Kier molecular flexibility index (Phi) is 3.63. The summed E-state index contributed by atoms with van der Waals surface area (Å²) in [5, 5.41) is 0.462. The van der Waals surface area contributed by atoms with E-state index in [4.69, 9.17) is 0 Å². The van der Waals surface area contributed by atoms with Crippen molar-refractivity contribution >= 4 is 39.8 Å². The van der Waals surface area contributed by atoms with E-state index in [0.29, 0.717) is 5.04 Å². The van der Waals surface area contributed by atoms with Crippen LogP contribution in [0.5, 0.6) is 0 Å². The van der Waals surface area contributed by atoms with Crippen molar-refractivity contribution in [3.8, 4) is 0 Å². The summed E-state index contributed by atoms with van der Waals surface area (Å²) in [5.41, 5.74) is 2.97. The Balaban J connectivity index is 0.000000810. The molecule has 1 unspecified atom stereocenters. The minimum absolute atomic E-state index is 0. The summed E-state index contributed by atoms with van der Waals surface area (Å²) in [6.45, 7) is 6.70. The van der Waals surface area contributed by atoms with Crippen LogP contribution in [0.15, 0.2) is 23.3 Å². The Morgan fingerprint density at radius 2 is 1.90 bits per heavy atom. The third kappa shape index (κ3) is 2.09. The molecule has 0 bridgehead atoms. The summed E-state index contributed by atoms with van der Waals surface area (Å²) >= 11 is 0. The third-order valence-corrected chi connectivity index (χ3v) is 3.13. The van der Waals surface area contributed by atoms with E-state index in [1.165, 1.54) is 21.4 Å². The quantitative estimate of drug-likeness (QED) is 0.462. The fraction of sp³-hybridized carbons (Fsp3) is 0.500. The minimum atomic E-state index is 0. The van der Waals surface area contributed by atoms with Crippen molar-refractivity contribution in [2.75, 3.05) is 0 Å². The molecular formula is C8H15NaSi. The van der Waals surface area contributed by atoms with Crippen LogP contribution in [0.3, 0.4) is 0 Å². The zero-order valence-corrected chi connectivity index (χ0v) is 8.65. The second kappa shape index (κ2) is 3.40. The van der Waals surface area contributed by atoms with E-state index in [1.54, 1.807) is 0 Å². The van der Waals surface area contributed by atoms with E-state index in [0.717, 1.165) is 0 Å². The van der Waals surface area contributed by atoms with Gasteiger partial charge in [0.2, 0.25) is 0 Å². The van der Waals surface area contributed by atoms with Crippen LogP contribution in [0.4, 0.5) is 0 Å². The molecule has 0 amide bonds. The van der Waals surface area contributed by atoms with Crippen molar-refractivity contribution in [3.63, 3.8) is 0 Å². The molecule has 0 aliphatic heterocycles. The molecule has 0 saturated heterocycles. The van der Waals surface area contributed by atoms with Gasteiger partial charge in [-0.3, -0.25) is 0 Å². The van der Waals surface area contributed by atoms with Crippen molar-refractivity contribution < 1.29 is 0 Å². The Labute approximate surface area is 88.5 Å². The molecule has 52 valence electrons. The summed E-state index contributed by atoms with van der Waals surface area (Å²) in [6, 6.07) is 0. The molecule has 10 heavy (non-hydrogen) atoms. The molecule has 0 N–H and O–H groups in total. The average Bonchev–Trinajstić information content (AvgIpc) is 1.79. The molecule has 0 saturated carbocycles. The molecular weight excluding hydrogens is 147 g/mol. The first kappa shape index (κ1) is 10.7. The molecule has 2 heteroatoms. The van der Waals surface area contributed by atoms with Crippen LogP contribution >= 0.6 is 0 Å². The summed E-state index contributed by atoms with van der Waals surface area (Å²) < 4.78 is 0. The zero-order chi connectivity index (χ0) is 7.07. The second-order valence-corrected chi connectivity index (χ2v) is 5.51. The Hall–Kier alpha value is 0.697. The molecule has 0 radical (unpaired) electrons. The van der Waals surface area contributed by atoms with Gasteiger partial charge in [-0.05, 0) is 18.9 Å². The van der Waals surface area contributed by atoms with Gasteiger partial charge < -0.3 is 0 Å². The summed E-state index contributed by atoms with van der Waals surface area (Å²) in [5.74, 6) is 0. The van der Waals surface area contributed by atoms with Gasteiger partial charge in [0.15, 0.2) is 0 Å². The van der Waals surface area contributed by atoms with Gasteiger partial charge in [-0.15, -0.1) is 0 Å². The van der Waals surface area contributed by atoms with Crippen LogP contribution in [-0.2, 0) is 0 Å². The maximum absolute atomic E-state index is 2.37. The van der Waals surface area contributed by atoms with Gasteiger partial charge in [-0.1, -0.05) is 30.2 Å². The van der Waals surface area contributed by atoms with E-state index in [-0.39, 0.29) is 29.6 Å². The molecule has 0 aromatic heterocycles. The number of hydrogen-bond donors (Lipinski definition) is 0. The number of hydrogen-bond acceptors (Lipinski definition) is 0. The zero-order valence-electron chi connectivity index (χ0n) is 6.65. The number of rotatable bonds is 0. The molecule has 0 nitrogen and oxygen atoms in total. The van der Waals surface area contributed by atoms with E-state index in [9.17, 15) is 0 Å². The van der Waals surface area contributed by atoms with E-state index < -0.39 is 0 Å². The van der Waals surface area contributed by atoms with Crippen molar-refractivity contribution in [1.82, 2.24) is 0 Å². The van der Waals surface area contributed by atoms with Crippen LogP contribution in [-0.4, -0.2) is 39.8 Å². The Morgan fingerprint density at radius 3 is 2.00 bits per heavy atom. The van der Waals surface area contributed by atoms with Gasteiger partial charge in [-0.2, -0.15) is 0 Å². The molecule has 0 fully saturated rings. The van der Waals surface area contributed by atoms with E-state index in [1.807, 2.05) is 0 Å². The standard InChI is InChI=1S/C8H14Si.Na.H/c1-6-4-7(2)8(3,9)5-6;;/h4-5H,1-3,9H3;;. The predicted octanol–water partition coefficient (Wildman–Crippen LogP) is 0.788. The fourth-order valence-electron chi connectivity index (χ4n) is 1.25. The molecule has 1 aliphatic rings. The molecule has 0 aromatic rings. The van der Waals surface area contributed by atoms with Crippen LogP contribution in [0, 0.1) is 0 Å². The van der Waals surface area contributed by atoms with Crippen LogP contribution < -0.4 is 0 Å². The Bertz CT molecular complexity index is 189. The first-order valence-electron chi connectivity index (χ1n) is 3.40. The van der Waals surface area contributed by atoms with E-state index in [2.05, 4.69) is 32.9 Å². The first-order valence-corrected chi connectivity index (χ1v) is 4.40.